The maximum Gasteiger partial charge on any atom is 0.270 e. The Balaban J connectivity index is 1.73. The van der Waals surface area contributed by atoms with E-state index in [4.69, 9.17) is 0 Å². The van der Waals surface area contributed by atoms with Crippen molar-refractivity contribution in [3.05, 3.63) is 58.1 Å². The molecule has 0 fully saturated rings. The summed E-state index contributed by atoms with van der Waals surface area (Å²) in [7, 11) is 0. The predicted octanol–water partition coefficient (Wildman–Crippen LogP) is 1.76. The first kappa shape index (κ1) is 17.0. The molecule has 0 unspecified atom stereocenters. The Bertz CT molecular complexity index is 1010. The number of nitrogens with one attached hydrogen (secondary N) is 1. The number of rotatable bonds is 5. The van der Waals surface area contributed by atoms with Crippen molar-refractivity contribution in [1.29, 1.82) is 0 Å². The number of phenols is 1. The molecule has 10 heteroatoms. The number of hydrogen-bond acceptors (Lipinski definition) is 7. The van der Waals surface area contributed by atoms with E-state index in [1.54, 1.807) is 19.1 Å². The molecule has 0 aliphatic carbocycles. The van der Waals surface area contributed by atoms with Gasteiger partial charge in [0.25, 0.3) is 11.6 Å². The van der Waals surface area contributed by atoms with Crippen LogP contribution in [0.25, 0.3) is 11.0 Å². The smallest absolute Gasteiger partial charge is 0.270 e. The van der Waals surface area contributed by atoms with Crippen molar-refractivity contribution >= 4 is 28.8 Å². The van der Waals surface area contributed by atoms with Gasteiger partial charge in [0.05, 0.1) is 16.7 Å². The molecule has 0 saturated heterocycles. The van der Waals surface area contributed by atoms with Crippen molar-refractivity contribution in [2.75, 3.05) is 0 Å². The average Bonchev–Trinajstić information content (AvgIpc) is 3.06. The zero-order valence-corrected chi connectivity index (χ0v) is 13.6. The van der Waals surface area contributed by atoms with Crippen LogP contribution in [0.2, 0.25) is 0 Å². The molecule has 3 rings (SSSR count). The van der Waals surface area contributed by atoms with Crippen molar-refractivity contribution in [3.8, 4) is 5.75 Å². The quantitative estimate of drug-likeness (QED) is 0.407. The van der Waals surface area contributed by atoms with Crippen LogP contribution in [0.15, 0.2) is 47.6 Å². The minimum Gasteiger partial charge on any atom is -0.507 e. The number of carbonyl (C=O) groups excluding carboxylic acids is 1. The first-order valence-corrected chi connectivity index (χ1v) is 7.57. The van der Waals surface area contributed by atoms with Crippen LogP contribution >= 0.6 is 0 Å². The van der Waals surface area contributed by atoms with Crippen LogP contribution in [0.3, 0.4) is 0 Å². The van der Waals surface area contributed by atoms with E-state index in [0.29, 0.717) is 11.0 Å². The van der Waals surface area contributed by atoms with Crippen LogP contribution < -0.4 is 5.43 Å². The lowest BCUT2D eigenvalue weighted by Crippen LogP contribution is -2.28. The molecule has 3 aromatic rings. The number of fused-ring (bicyclic) bond motifs is 1. The molecular formula is C16H14N6O4. The maximum atomic E-state index is 12.3. The highest BCUT2D eigenvalue weighted by molar-refractivity contribution is 5.87. The van der Waals surface area contributed by atoms with E-state index in [1.165, 1.54) is 16.8 Å². The largest absolute Gasteiger partial charge is 0.507 e. The molecule has 26 heavy (non-hydrogen) atoms. The molecule has 0 spiro atoms. The van der Waals surface area contributed by atoms with Crippen LogP contribution in [-0.2, 0) is 4.79 Å². The lowest BCUT2D eigenvalue weighted by molar-refractivity contribution is -0.384. The third kappa shape index (κ3) is 3.34. The molecule has 1 heterocycles. The third-order valence-corrected chi connectivity index (χ3v) is 3.72. The second-order valence-corrected chi connectivity index (χ2v) is 5.43. The van der Waals surface area contributed by atoms with Gasteiger partial charge in [-0.3, -0.25) is 14.9 Å². The summed E-state index contributed by atoms with van der Waals surface area (Å²) in [5, 5.41) is 32.2. The molecule has 10 nitrogen and oxygen atoms in total. The molecule has 0 bridgehead atoms. The number of hydrazone groups is 1. The molecular weight excluding hydrogens is 340 g/mol. The normalized spacial score (nSPS) is 12.3. The number of carbonyl (C=O) groups is 1. The fourth-order valence-corrected chi connectivity index (χ4v) is 2.30. The van der Waals surface area contributed by atoms with Crippen LogP contribution in [-0.4, -0.2) is 37.1 Å². The molecule has 2 aromatic carbocycles. The number of aromatic nitrogens is 3. The van der Waals surface area contributed by atoms with Gasteiger partial charge < -0.3 is 5.11 Å². The van der Waals surface area contributed by atoms with E-state index in [2.05, 4.69) is 20.8 Å². The van der Waals surface area contributed by atoms with Crippen LogP contribution in [0.4, 0.5) is 5.69 Å². The highest BCUT2D eigenvalue weighted by Crippen LogP contribution is 2.21. The summed E-state index contributed by atoms with van der Waals surface area (Å²) in [4.78, 5) is 22.4. The topological polar surface area (TPSA) is 136 Å². The number of para-hydroxylation sites is 1. The fourth-order valence-electron chi connectivity index (χ4n) is 2.30. The summed E-state index contributed by atoms with van der Waals surface area (Å²) in [6, 6.07) is 10.0. The Morgan fingerprint density at radius 1 is 1.38 bits per heavy atom. The van der Waals surface area contributed by atoms with Crippen LogP contribution in [0.5, 0.6) is 5.75 Å². The van der Waals surface area contributed by atoms with Crippen molar-refractivity contribution in [3.63, 3.8) is 0 Å². The summed E-state index contributed by atoms with van der Waals surface area (Å²) in [5.74, 6) is -0.647. The summed E-state index contributed by atoms with van der Waals surface area (Å²) >= 11 is 0. The summed E-state index contributed by atoms with van der Waals surface area (Å²) in [6.45, 7) is 1.64. The lowest BCUT2D eigenvalue weighted by Gasteiger charge is -2.10. The Hall–Kier alpha value is -3.82. The van der Waals surface area contributed by atoms with Crippen LogP contribution in [0, 0.1) is 10.1 Å². The van der Waals surface area contributed by atoms with Crippen molar-refractivity contribution in [2.45, 2.75) is 13.0 Å². The van der Waals surface area contributed by atoms with Gasteiger partial charge in [-0.25, -0.2) is 10.1 Å². The second-order valence-electron chi connectivity index (χ2n) is 5.43. The monoisotopic (exact) mass is 354 g/mol. The minimum atomic E-state index is -0.682. The Morgan fingerprint density at radius 3 is 2.92 bits per heavy atom. The first-order valence-electron chi connectivity index (χ1n) is 7.57. The SMILES string of the molecule is C[C@H](C(=O)N/N=C/c1cc([N+](=O)[O-])ccc1O)n1nnc2ccccc21. The highest BCUT2D eigenvalue weighted by Gasteiger charge is 2.18. The van der Waals surface area contributed by atoms with Gasteiger partial charge in [0, 0.05) is 17.7 Å². The summed E-state index contributed by atoms with van der Waals surface area (Å²) in [5.41, 5.74) is 3.60. The maximum absolute atomic E-state index is 12.3. The number of phenolic OH excluding ortho intramolecular Hbond substituents is 1. The zero-order valence-electron chi connectivity index (χ0n) is 13.6. The number of non-ortho nitro benzene ring substituents is 1. The molecule has 0 saturated carbocycles. The van der Waals surface area contributed by atoms with E-state index >= 15 is 0 Å². The number of amides is 1. The third-order valence-electron chi connectivity index (χ3n) is 3.72. The van der Waals surface area contributed by atoms with E-state index in [9.17, 15) is 20.0 Å². The minimum absolute atomic E-state index is 0.110. The van der Waals surface area contributed by atoms with E-state index in [1.807, 2.05) is 12.1 Å². The van der Waals surface area contributed by atoms with Crippen molar-refractivity contribution in [1.82, 2.24) is 20.4 Å². The van der Waals surface area contributed by atoms with Gasteiger partial charge in [-0.1, -0.05) is 17.3 Å². The van der Waals surface area contributed by atoms with Crippen molar-refractivity contribution in [2.24, 2.45) is 5.10 Å². The summed E-state index contributed by atoms with van der Waals surface area (Å²) < 4.78 is 1.46. The van der Waals surface area contributed by atoms with Gasteiger partial charge in [0.15, 0.2) is 0 Å². The van der Waals surface area contributed by atoms with Gasteiger partial charge in [-0.2, -0.15) is 5.10 Å². The number of aromatic hydroxyl groups is 1. The van der Waals surface area contributed by atoms with Gasteiger partial charge in [-0.05, 0) is 25.1 Å². The zero-order chi connectivity index (χ0) is 18.7. The first-order chi connectivity index (χ1) is 12.5. The van der Waals surface area contributed by atoms with Gasteiger partial charge in [0.1, 0.15) is 17.3 Å². The molecule has 132 valence electrons. The number of nitrogens with zero attached hydrogens (tertiary/aromatic N) is 5. The summed E-state index contributed by atoms with van der Waals surface area (Å²) in [6.07, 6.45) is 1.13. The van der Waals surface area contributed by atoms with Gasteiger partial charge in [0.2, 0.25) is 0 Å². The number of nitro groups is 1. The molecule has 0 aliphatic heterocycles. The fraction of sp³-hybridized carbons (Fsp3) is 0.125. The second kappa shape index (κ2) is 6.97. The Morgan fingerprint density at radius 2 is 2.15 bits per heavy atom. The van der Waals surface area contributed by atoms with Gasteiger partial charge in [-0.15, -0.1) is 5.10 Å². The number of nitro benzene ring substituents is 1. The van der Waals surface area contributed by atoms with Gasteiger partial charge >= 0.3 is 0 Å². The van der Waals surface area contributed by atoms with Crippen LogP contribution in [0.1, 0.15) is 18.5 Å². The number of benzene rings is 2. The highest BCUT2D eigenvalue weighted by atomic mass is 16.6. The van der Waals surface area contributed by atoms with E-state index < -0.39 is 16.9 Å². The standard InChI is InChI=1S/C16H14N6O4/c1-10(21-14-5-3-2-4-13(14)18-20-21)16(24)19-17-9-11-8-12(22(25)26)6-7-15(11)23/h2-10,23H,1H3,(H,19,24)/b17-9+/t10-/m1/s1. The predicted molar refractivity (Wildman–Crippen MR) is 92.7 cm³/mol. The Labute approximate surface area is 146 Å². The van der Waals surface area contributed by atoms with E-state index in [0.717, 1.165) is 12.3 Å². The number of hydrogen-bond donors (Lipinski definition) is 2. The molecule has 2 N–H and O–H groups in total. The molecule has 1 atom stereocenters. The molecule has 1 amide bonds. The molecule has 1 aromatic heterocycles. The molecule has 0 radical (unpaired) electrons. The molecule has 0 aliphatic rings. The Kier molecular flexibility index (Phi) is 4.56. The average molecular weight is 354 g/mol. The van der Waals surface area contributed by atoms with E-state index in [-0.39, 0.29) is 17.0 Å². The van der Waals surface area contributed by atoms with Crippen molar-refractivity contribution < 1.29 is 14.8 Å². The lowest BCUT2D eigenvalue weighted by atomic mass is 10.2.